The highest BCUT2D eigenvalue weighted by atomic mass is 16.5. The molecule has 1 aromatic rings. The van der Waals surface area contributed by atoms with Gasteiger partial charge in [-0.05, 0) is 25.1 Å². The van der Waals surface area contributed by atoms with Crippen LogP contribution in [0, 0.1) is 0 Å². The molecule has 0 saturated carbocycles. The zero-order valence-corrected chi connectivity index (χ0v) is 12.3. The number of methoxy groups -OCH3 is 2. The van der Waals surface area contributed by atoms with E-state index in [4.69, 9.17) is 20.9 Å². The molecule has 1 atom stereocenters. The van der Waals surface area contributed by atoms with Crippen LogP contribution in [0.2, 0.25) is 0 Å². The van der Waals surface area contributed by atoms with Crippen LogP contribution in [0.25, 0.3) is 0 Å². The van der Waals surface area contributed by atoms with Gasteiger partial charge in [-0.15, -0.1) is 0 Å². The fourth-order valence-electron chi connectivity index (χ4n) is 2.10. The third-order valence-corrected chi connectivity index (χ3v) is 3.07. The van der Waals surface area contributed by atoms with Crippen molar-refractivity contribution in [2.24, 2.45) is 5.73 Å². The molecule has 0 heterocycles. The molecule has 6 nitrogen and oxygen atoms in total. The number of rotatable bonds is 8. The van der Waals surface area contributed by atoms with E-state index in [-0.39, 0.29) is 6.04 Å². The molecule has 0 aliphatic heterocycles. The molecule has 0 aliphatic carbocycles. The SMILES string of the molecule is COCCN(c1ccc(N)cc1C(N)=O)C(C)COC. The van der Waals surface area contributed by atoms with Crippen molar-refractivity contribution >= 4 is 17.3 Å². The van der Waals surface area contributed by atoms with Crippen molar-refractivity contribution in [3.05, 3.63) is 23.8 Å². The van der Waals surface area contributed by atoms with Gasteiger partial charge in [0.2, 0.25) is 0 Å². The Hall–Kier alpha value is -1.79. The maximum absolute atomic E-state index is 11.6. The maximum atomic E-state index is 11.6. The number of anilines is 2. The molecule has 0 spiro atoms. The lowest BCUT2D eigenvalue weighted by molar-refractivity contribution is 0.1000. The first-order valence-corrected chi connectivity index (χ1v) is 6.45. The number of hydrogen-bond donors (Lipinski definition) is 2. The summed E-state index contributed by atoms with van der Waals surface area (Å²) in [5.74, 6) is -0.501. The van der Waals surface area contributed by atoms with E-state index in [0.29, 0.717) is 31.0 Å². The lowest BCUT2D eigenvalue weighted by Crippen LogP contribution is -2.40. The van der Waals surface area contributed by atoms with Crippen LogP contribution in [0.3, 0.4) is 0 Å². The number of amides is 1. The predicted molar refractivity (Wildman–Crippen MR) is 79.9 cm³/mol. The average Bonchev–Trinajstić information content (AvgIpc) is 2.40. The summed E-state index contributed by atoms with van der Waals surface area (Å²) in [7, 11) is 3.28. The Kier molecular flexibility index (Phi) is 6.27. The summed E-state index contributed by atoms with van der Waals surface area (Å²) in [6.45, 7) is 3.72. The molecule has 0 aliphatic rings. The smallest absolute Gasteiger partial charge is 0.250 e. The molecule has 6 heteroatoms. The lowest BCUT2D eigenvalue weighted by atomic mass is 10.1. The minimum Gasteiger partial charge on any atom is -0.399 e. The molecule has 0 aromatic heterocycles. The largest absolute Gasteiger partial charge is 0.399 e. The standard InChI is InChI=1S/C14H23N3O3/c1-10(9-20-3)17(6-7-19-2)13-5-4-11(15)8-12(13)14(16)18/h4-5,8,10H,6-7,9,15H2,1-3H3,(H2,16,18). The number of carbonyl (C=O) groups is 1. The molecule has 0 fully saturated rings. The minimum atomic E-state index is -0.501. The van der Waals surface area contributed by atoms with Gasteiger partial charge >= 0.3 is 0 Å². The zero-order chi connectivity index (χ0) is 15.1. The number of ether oxygens (including phenoxy) is 2. The van der Waals surface area contributed by atoms with Gasteiger partial charge in [0.1, 0.15) is 0 Å². The van der Waals surface area contributed by atoms with E-state index in [1.54, 1.807) is 32.4 Å². The van der Waals surface area contributed by atoms with Crippen molar-refractivity contribution < 1.29 is 14.3 Å². The summed E-state index contributed by atoms with van der Waals surface area (Å²) < 4.78 is 10.3. The number of nitrogens with zero attached hydrogens (tertiary/aromatic N) is 1. The summed E-state index contributed by atoms with van der Waals surface area (Å²) in [5, 5.41) is 0. The van der Waals surface area contributed by atoms with E-state index in [0.717, 1.165) is 5.69 Å². The van der Waals surface area contributed by atoms with Crippen LogP contribution in [0.4, 0.5) is 11.4 Å². The minimum absolute atomic E-state index is 0.0804. The Labute approximate surface area is 119 Å². The first-order chi connectivity index (χ1) is 9.51. The zero-order valence-electron chi connectivity index (χ0n) is 12.3. The Morgan fingerprint density at radius 3 is 2.60 bits per heavy atom. The fraction of sp³-hybridized carbons (Fsp3) is 0.500. The van der Waals surface area contributed by atoms with Crippen molar-refractivity contribution in [3.63, 3.8) is 0 Å². The third-order valence-electron chi connectivity index (χ3n) is 3.07. The van der Waals surface area contributed by atoms with Crippen LogP contribution < -0.4 is 16.4 Å². The summed E-state index contributed by atoms with van der Waals surface area (Å²) in [6, 6.07) is 5.23. The summed E-state index contributed by atoms with van der Waals surface area (Å²) in [4.78, 5) is 13.6. The van der Waals surface area contributed by atoms with Gasteiger partial charge in [-0.25, -0.2) is 0 Å². The second-order valence-corrected chi connectivity index (χ2v) is 4.63. The molecule has 112 valence electrons. The topological polar surface area (TPSA) is 90.8 Å². The van der Waals surface area contributed by atoms with Crippen molar-refractivity contribution in [2.45, 2.75) is 13.0 Å². The number of primary amides is 1. The summed E-state index contributed by atoms with van der Waals surface area (Å²) in [6.07, 6.45) is 0. The number of carbonyl (C=O) groups excluding carboxylic acids is 1. The lowest BCUT2D eigenvalue weighted by Gasteiger charge is -2.32. The van der Waals surface area contributed by atoms with E-state index in [2.05, 4.69) is 0 Å². The molecule has 1 aromatic carbocycles. The number of nitrogens with two attached hydrogens (primary N) is 2. The highest BCUT2D eigenvalue weighted by molar-refractivity contribution is 5.99. The quantitative estimate of drug-likeness (QED) is 0.689. The van der Waals surface area contributed by atoms with Crippen molar-refractivity contribution in [3.8, 4) is 0 Å². The molecule has 0 saturated heterocycles. The second kappa shape index (κ2) is 7.72. The third kappa shape index (κ3) is 4.11. The van der Waals surface area contributed by atoms with Gasteiger partial charge in [0.25, 0.3) is 5.91 Å². The predicted octanol–water partition coefficient (Wildman–Crippen LogP) is 0.855. The Bertz CT molecular complexity index is 451. The highest BCUT2D eigenvalue weighted by Gasteiger charge is 2.19. The molecule has 20 heavy (non-hydrogen) atoms. The molecule has 0 radical (unpaired) electrons. The number of nitrogen functional groups attached to an aromatic ring is 1. The van der Waals surface area contributed by atoms with Gasteiger partial charge in [-0.3, -0.25) is 4.79 Å². The van der Waals surface area contributed by atoms with Gasteiger partial charge < -0.3 is 25.8 Å². The van der Waals surface area contributed by atoms with E-state index in [1.165, 1.54) is 0 Å². The van der Waals surface area contributed by atoms with Crippen LogP contribution in [0.1, 0.15) is 17.3 Å². The van der Waals surface area contributed by atoms with Gasteiger partial charge in [0, 0.05) is 32.5 Å². The van der Waals surface area contributed by atoms with Crippen molar-refractivity contribution in [1.29, 1.82) is 0 Å². The van der Waals surface area contributed by atoms with Crippen molar-refractivity contribution in [2.75, 3.05) is 44.6 Å². The Balaban J connectivity index is 3.14. The molecule has 0 bridgehead atoms. The maximum Gasteiger partial charge on any atom is 0.250 e. The second-order valence-electron chi connectivity index (χ2n) is 4.63. The van der Waals surface area contributed by atoms with Gasteiger partial charge in [-0.1, -0.05) is 0 Å². The van der Waals surface area contributed by atoms with Crippen LogP contribution in [0.5, 0.6) is 0 Å². The van der Waals surface area contributed by atoms with Crippen LogP contribution in [-0.2, 0) is 9.47 Å². The summed E-state index contributed by atoms with van der Waals surface area (Å²) >= 11 is 0. The van der Waals surface area contributed by atoms with Crippen molar-refractivity contribution in [1.82, 2.24) is 0 Å². The average molecular weight is 281 g/mol. The van der Waals surface area contributed by atoms with E-state index < -0.39 is 5.91 Å². The first kappa shape index (κ1) is 16.3. The summed E-state index contributed by atoms with van der Waals surface area (Å²) in [5.41, 5.74) is 12.8. The molecule has 1 unspecified atom stereocenters. The number of benzene rings is 1. The van der Waals surface area contributed by atoms with Crippen LogP contribution in [0.15, 0.2) is 18.2 Å². The highest BCUT2D eigenvalue weighted by Crippen LogP contribution is 2.24. The van der Waals surface area contributed by atoms with E-state index >= 15 is 0 Å². The monoisotopic (exact) mass is 281 g/mol. The number of hydrogen-bond acceptors (Lipinski definition) is 5. The van der Waals surface area contributed by atoms with Gasteiger partial charge in [-0.2, -0.15) is 0 Å². The van der Waals surface area contributed by atoms with Gasteiger partial charge in [0.05, 0.1) is 24.5 Å². The van der Waals surface area contributed by atoms with Crippen LogP contribution in [-0.4, -0.2) is 45.9 Å². The Morgan fingerprint density at radius 2 is 2.05 bits per heavy atom. The molecule has 1 amide bonds. The Morgan fingerprint density at radius 1 is 1.35 bits per heavy atom. The molecular formula is C14H23N3O3. The molecular weight excluding hydrogens is 258 g/mol. The van der Waals surface area contributed by atoms with Gasteiger partial charge in [0.15, 0.2) is 0 Å². The molecule has 4 N–H and O–H groups in total. The van der Waals surface area contributed by atoms with Crippen LogP contribution >= 0.6 is 0 Å². The first-order valence-electron chi connectivity index (χ1n) is 6.45. The normalized spacial score (nSPS) is 12.2. The fourth-order valence-corrected chi connectivity index (χ4v) is 2.10. The van der Waals surface area contributed by atoms with E-state index in [1.807, 2.05) is 11.8 Å². The molecule has 1 rings (SSSR count). The van der Waals surface area contributed by atoms with E-state index in [9.17, 15) is 4.79 Å².